The average molecular weight is 489 g/mol. The summed E-state index contributed by atoms with van der Waals surface area (Å²) >= 11 is 0. The normalized spacial score (nSPS) is 16.8. The van der Waals surface area contributed by atoms with Gasteiger partial charge in [0.25, 0.3) is 0 Å². The van der Waals surface area contributed by atoms with Crippen LogP contribution in [0.2, 0.25) is 0 Å². The molecule has 5 rings (SSSR count). The number of benzene rings is 1. The van der Waals surface area contributed by atoms with Gasteiger partial charge in [0.05, 0.1) is 11.3 Å². The van der Waals surface area contributed by atoms with Gasteiger partial charge in [-0.3, -0.25) is 9.58 Å². The van der Waals surface area contributed by atoms with Crippen LogP contribution in [0.15, 0.2) is 30.5 Å². The second-order valence-electron chi connectivity index (χ2n) is 9.46. The number of halogens is 4. The van der Waals surface area contributed by atoms with Gasteiger partial charge in [0.15, 0.2) is 5.82 Å². The van der Waals surface area contributed by atoms with Crippen molar-refractivity contribution in [3.63, 3.8) is 0 Å². The number of anilines is 1. The van der Waals surface area contributed by atoms with Gasteiger partial charge in [-0.1, -0.05) is 6.07 Å². The van der Waals surface area contributed by atoms with Crippen LogP contribution >= 0.6 is 0 Å². The Kier molecular flexibility index (Phi) is 6.25. The fourth-order valence-corrected chi connectivity index (χ4v) is 5.40. The standard InChI is InChI=1S/C25H28F4N6/c1-33(15-16-6-7-17(26)14-21(16)25(27,28)29)18-9-12-35(13-10-18)24-20-5-3-4-19(20)23(31-32-24)22-8-11-30-34(22)2/h6-8,11,14,18H,3-5,9-10,12-13,15H2,1-2H3. The molecule has 2 aliphatic rings. The van der Waals surface area contributed by atoms with E-state index in [-0.39, 0.29) is 18.2 Å². The summed E-state index contributed by atoms with van der Waals surface area (Å²) in [6, 6.07) is 5.00. The number of aryl methyl sites for hydroxylation is 1. The molecule has 0 N–H and O–H groups in total. The summed E-state index contributed by atoms with van der Waals surface area (Å²) in [6.07, 6.45) is 1.79. The van der Waals surface area contributed by atoms with Crippen molar-refractivity contribution in [3.8, 4) is 11.4 Å². The van der Waals surface area contributed by atoms with E-state index in [4.69, 9.17) is 0 Å². The molecule has 3 heterocycles. The highest BCUT2D eigenvalue weighted by Crippen LogP contribution is 2.37. The van der Waals surface area contributed by atoms with Gasteiger partial charge in [-0.25, -0.2) is 4.39 Å². The van der Waals surface area contributed by atoms with E-state index in [1.807, 2.05) is 29.7 Å². The van der Waals surface area contributed by atoms with E-state index >= 15 is 0 Å². The topological polar surface area (TPSA) is 50.1 Å². The first kappa shape index (κ1) is 23.7. The zero-order valence-electron chi connectivity index (χ0n) is 19.8. The zero-order chi connectivity index (χ0) is 24.7. The maximum absolute atomic E-state index is 13.5. The number of hydrogen-bond donors (Lipinski definition) is 0. The fraction of sp³-hybridized carbons (Fsp3) is 0.480. The molecular formula is C25H28F4N6. The van der Waals surface area contributed by atoms with E-state index in [9.17, 15) is 17.6 Å². The van der Waals surface area contributed by atoms with Crippen molar-refractivity contribution in [3.05, 3.63) is 58.5 Å². The lowest BCUT2D eigenvalue weighted by Gasteiger charge is -2.38. The molecule has 0 radical (unpaired) electrons. The largest absolute Gasteiger partial charge is 0.416 e. The summed E-state index contributed by atoms with van der Waals surface area (Å²) in [4.78, 5) is 4.20. The molecule has 0 bridgehead atoms. The molecule has 2 aromatic heterocycles. The molecule has 1 fully saturated rings. The highest BCUT2D eigenvalue weighted by molar-refractivity contribution is 5.66. The third-order valence-electron chi connectivity index (χ3n) is 7.27. The van der Waals surface area contributed by atoms with Crippen LogP contribution in [0.3, 0.4) is 0 Å². The Morgan fingerprint density at radius 3 is 2.49 bits per heavy atom. The maximum atomic E-state index is 13.5. The van der Waals surface area contributed by atoms with Crippen molar-refractivity contribution >= 4 is 5.82 Å². The average Bonchev–Trinajstić information content (AvgIpc) is 3.48. The Morgan fingerprint density at radius 2 is 1.80 bits per heavy atom. The highest BCUT2D eigenvalue weighted by Gasteiger charge is 2.35. The first-order valence-corrected chi connectivity index (χ1v) is 11.9. The number of fused-ring (bicyclic) bond motifs is 1. The van der Waals surface area contributed by atoms with Crippen LogP contribution in [0.5, 0.6) is 0 Å². The molecule has 186 valence electrons. The number of aromatic nitrogens is 4. The minimum atomic E-state index is -4.58. The minimum Gasteiger partial charge on any atom is -0.355 e. The van der Waals surface area contributed by atoms with Gasteiger partial charge in [-0.2, -0.15) is 18.3 Å². The minimum absolute atomic E-state index is 0.0956. The predicted molar refractivity (Wildman–Crippen MR) is 124 cm³/mol. The molecule has 6 nitrogen and oxygen atoms in total. The first-order valence-electron chi connectivity index (χ1n) is 11.9. The summed E-state index contributed by atoms with van der Waals surface area (Å²) in [7, 11) is 3.74. The van der Waals surface area contributed by atoms with E-state index in [0.29, 0.717) is 6.07 Å². The first-order chi connectivity index (χ1) is 16.7. The number of hydrogen-bond acceptors (Lipinski definition) is 5. The van der Waals surface area contributed by atoms with Gasteiger partial charge in [-0.05, 0) is 68.5 Å². The van der Waals surface area contributed by atoms with Gasteiger partial charge >= 0.3 is 6.18 Å². The Morgan fingerprint density at radius 1 is 1.06 bits per heavy atom. The Balaban J connectivity index is 1.29. The van der Waals surface area contributed by atoms with Crippen LogP contribution in [0.1, 0.15) is 41.5 Å². The molecule has 10 heteroatoms. The summed E-state index contributed by atoms with van der Waals surface area (Å²) in [5.41, 5.74) is 3.55. The third-order valence-corrected chi connectivity index (χ3v) is 7.27. The second-order valence-corrected chi connectivity index (χ2v) is 9.46. The molecule has 1 aliphatic carbocycles. The van der Waals surface area contributed by atoms with E-state index in [1.165, 1.54) is 17.2 Å². The Labute approximate surface area is 201 Å². The molecule has 1 aliphatic heterocycles. The van der Waals surface area contributed by atoms with Gasteiger partial charge in [0.1, 0.15) is 11.5 Å². The smallest absolute Gasteiger partial charge is 0.355 e. The maximum Gasteiger partial charge on any atom is 0.416 e. The fourth-order valence-electron chi connectivity index (χ4n) is 5.40. The summed E-state index contributed by atoms with van der Waals surface area (Å²) in [5.74, 6) is 0.0579. The lowest BCUT2D eigenvalue weighted by atomic mass is 10.00. The zero-order valence-corrected chi connectivity index (χ0v) is 19.8. The Hall–Kier alpha value is -3.01. The van der Waals surface area contributed by atoms with Crippen molar-refractivity contribution in [1.82, 2.24) is 24.9 Å². The van der Waals surface area contributed by atoms with Crippen molar-refractivity contribution in [2.24, 2.45) is 7.05 Å². The number of piperidine rings is 1. The molecule has 1 saturated heterocycles. The van der Waals surface area contributed by atoms with Gasteiger partial charge in [-0.15, -0.1) is 10.2 Å². The van der Waals surface area contributed by atoms with Gasteiger partial charge in [0, 0.05) is 44.5 Å². The number of alkyl halides is 3. The summed E-state index contributed by atoms with van der Waals surface area (Å²) in [5, 5.41) is 13.5. The molecular weight excluding hydrogens is 460 g/mol. The van der Waals surface area contributed by atoms with Crippen LogP contribution in [0.25, 0.3) is 11.4 Å². The Bertz CT molecular complexity index is 1210. The van der Waals surface area contributed by atoms with Gasteiger partial charge < -0.3 is 4.90 Å². The molecule has 0 atom stereocenters. The van der Waals surface area contributed by atoms with E-state index in [2.05, 4.69) is 20.2 Å². The second kappa shape index (κ2) is 9.22. The quantitative estimate of drug-likeness (QED) is 0.491. The lowest BCUT2D eigenvalue weighted by Crippen LogP contribution is -2.44. The van der Waals surface area contributed by atoms with Crippen LogP contribution in [0.4, 0.5) is 23.4 Å². The van der Waals surface area contributed by atoms with Crippen LogP contribution in [-0.4, -0.2) is 51.1 Å². The van der Waals surface area contributed by atoms with Crippen molar-refractivity contribution < 1.29 is 17.6 Å². The summed E-state index contributed by atoms with van der Waals surface area (Å²) in [6.45, 7) is 1.64. The van der Waals surface area contributed by atoms with E-state index in [1.54, 1.807) is 6.20 Å². The van der Waals surface area contributed by atoms with Gasteiger partial charge in [0.2, 0.25) is 0 Å². The molecule has 0 saturated carbocycles. The van der Waals surface area contributed by atoms with Crippen LogP contribution in [0, 0.1) is 5.82 Å². The molecule has 35 heavy (non-hydrogen) atoms. The SMILES string of the molecule is CN(Cc1ccc(F)cc1C(F)(F)F)C1CCN(c2nnc(-c3ccnn3C)c3c2CCC3)CC1. The predicted octanol–water partition coefficient (Wildman–Crippen LogP) is 4.62. The molecule has 1 aromatic carbocycles. The van der Waals surface area contributed by atoms with E-state index < -0.39 is 17.6 Å². The molecule has 0 amide bonds. The molecule has 3 aromatic rings. The third kappa shape index (κ3) is 4.63. The number of nitrogens with zero attached hydrogens (tertiary/aromatic N) is 6. The lowest BCUT2D eigenvalue weighted by molar-refractivity contribution is -0.138. The molecule has 0 spiro atoms. The summed E-state index contributed by atoms with van der Waals surface area (Å²) < 4.78 is 55.5. The van der Waals surface area contributed by atoms with Crippen molar-refractivity contribution in [2.75, 3.05) is 25.0 Å². The van der Waals surface area contributed by atoms with Crippen LogP contribution < -0.4 is 4.90 Å². The van der Waals surface area contributed by atoms with E-state index in [0.717, 1.165) is 68.5 Å². The molecule has 0 unspecified atom stereocenters. The van der Waals surface area contributed by atoms with Crippen molar-refractivity contribution in [2.45, 2.75) is 50.9 Å². The monoisotopic (exact) mass is 488 g/mol. The van der Waals surface area contributed by atoms with Crippen molar-refractivity contribution in [1.29, 1.82) is 0 Å². The highest BCUT2D eigenvalue weighted by atomic mass is 19.4. The van der Waals surface area contributed by atoms with Crippen LogP contribution in [-0.2, 0) is 32.6 Å². The number of rotatable bonds is 5.